The molecule has 2 aromatic carbocycles. The number of carbonyl (C=O) groups is 2. The van der Waals surface area contributed by atoms with Crippen molar-refractivity contribution < 1.29 is 19.4 Å². The molecule has 1 aliphatic rings. The summed E-state index contributed by atoms with van der Waals surface area (Å²) in [4.78, 5) is 32.1. The van der Waals surface area contributed by atoms with Gasteiger partial charge in [-0.3, -0.25) is 19.5 Å². The van der Waals surface area contributed by atoms with E-state index >= 15 is 0 Å². The minimum Gasteiger partial charge on any atom is -0.507 e. The second kappa shape index (κ2) is 9.51. The second-order valence-electron chi connectivity index (χ2n) is 8.90. The Balaban J connectivity index is 1.86. The smallest absolute Gasteiger partial charge is 0.300 e. The van der Waals surface area contributed by atoms with Crippen molar-refractivity contribution in [3.05, 3.63) is 95.3 Å². The van der Waals surface area contributed by atoms with Crippen LogP contribution in [0.25, 0.3) is 5.76 Å². The minimum atomic E-state index is -0.812. The maximum atomic E-state index is 13.3. The average Bonchev–Trinajstić information content (AvgIpc) is 3.09. The first-order chi connectivity index (χ1) is 16.3. The molecular formula is C28H28N2O4. The summed E-state index contributed by atoms with van der Waals surface area (Å²) >= 11 is 0. The number of aromatic nitrogens is 1. The summed E-state index contributed by atoms with van der Waals surface area (Å²) in [6.07, 6.45) is 3.18. The minimum absolute atomic E-state index is 0.0210. The monoisotopic (exact) mass is 456 g/mol. The first-order valence-corrected chi connectivity index (χ1v) is 11.4. The Morgan fingerprint density at radius 3 is 2.35 bits per heavy atom. The maximum absolute atomic E-state index is 13.3. The number of anilines is 1. The van der Waals surface area contributed by atoms with Crippen molar-refractivity contribution in [2.24, 2.45) is 0 Å². The molecule has 1 aromatic heterocycles. The molecule has 174 valence electrons. The van der Waals surface area contributed by atoms with E-state index in [1.807, 2.05) is 38.1 Å². The largest absolute Gasteiger partial charge is 0.507 e. The van der Waals surface area contributed by atoms with E-state index in [9.17, 15) is 14.7 Å². The van der Waals surface area contributed by atoms with Crippen molar-refractivity contribution in [1.82, 2.24) is 4.98 Å². The summed E-state index contributed by atoms with van der Waals surface area (Å²) in [5.41, 5.74) is 2.76. The van der Waals surface area contributed by atoms with Crippen LogP contribution in [0.5, 0.6) is 5.75 Å². The lowest BCUT2D eigenvalue weighted by Crippen LogP contribution is -2.29. The molecule has 3 aromatic rings. The van der Waals surface area contributed by atoms with E-state index in [1.165, 1.54) is 4.90 Å². The van der Waals surface area contributed by atoms with Crippen LogP contribution in [0, 0.1) is 0 Å². The molecule has 0 bridgehead atoms. The van der Waals surface area contributed by atoms with E-state index in [0.717, 1.165) is 5.56 Å². The number of benzene rings is 2. The Morgan fingerprint density at radius 2 is 1.74 bits per heavy atom. The van der Waals surface area contributed by atoms with Gasteiger partial charge in [-0.1, -0.05) is 44.2 Å². The van der Waals surface area contributed by atoms with Gasteiger partial charge in [-0.2, -0.15) is 0 Å². The lowest BCUT2D eigenvalue weighted by Gasteiger charge is -2.25. The van der Waals surface area contributed by atoms with E-state index in [4.69, 9.17) is 4.74 Å². The first kappa shape index (κ1) is 23.2. The van der Waals surface area contributed by atoms with Crippen LogP contribution in [0.2, 0.25) is 0 Å². The third-order valence-electron chi connectivity index (χ3n) is 5.76. The van der Waals surface area contributed by atoms with Crippen molar-refractivity contribution in [3.63, 3.8) is 0 Å². The molecular weight excluding hydrogens is 428 g/mol. The molecule has 1 atom stereocenters. The van der Waals surface area contributed by atoms with Gasteiger partial charge in [-0.25, -0.2) is 0 Å². The average molecular weight is 457 g/mol. The zero-order chi connectivity index (χ0) is 24.4. The Bertz CT molecular complexity index is 1230. The van der Waals surface area contributed by atoms with Crippen LogP contribution in [0.4, 0.5) is 5.69 Å². The number of nitrogens with zero attached hydrogens (tertiary/aromatic N) is 2. The highest BCUT2D eigenvalue weighted by molar-refractivity contribution is 6.51. The molecule has 0 saturated carbocycles. The van der Waals surface area contributed by atoms with E-state index in [1.54, 1.807) is 48.8 Å². The summed E-state index contributed by atoms with van der Waals surface area (Å²) in [5.74, 6) is -0.783. The highest BCUT2D eigenvalue weighted by Gasteiger charge is 2.47. The molecule has 6 nitrogen and oxygen atoms in total. The fourth-order valence-corrected chi connectivity index (χ4v) is 4.12. The third-order valence-corrected chi connectivity index (χ3v) is 5.76. The molecule has 1 fully saturated rings. The fraction of sp³-hybridized carbons (Fsp3) is 0.250. The lowest BCUT2D eigenvalue weighted by atomic mass is 9.96. The summed E-state index contributed by atoms with van der Waals surface area (Å²) in [5, 5.41) is 11.3. The second-order valence-corrected chi connectivity index (χ2v) is 8.90. The Morgan fingerprint density at radius 1 is 1.00 bits per heavy atom. The Hall–Kier alpha value is -3.93. The number of hydrogen-bond acceptors (Lipinski definition) is 5. The van der Waals surface area contributed by atoms with Gasteiger partial charge < -0.3 is 9.84 Å². The number of aliphatic hydroxyl groups excluding tert-OH is 1. The molecule has 6 heteroatoms. The SMILES string of the molecule is CC(C)Oc1cccc(/C(O)=C2/C(=O)C(=O)N(c3ccc(C(C)C)cc3)C2c2cccnc2)c1. The highest BCUT2D eigenvalue weighted by Crippen LogP contribution is 2.42. The summed E-state index contributed by atoms with van der Waals surface area (Å²) in [6.45, 7) is 8.00. The van der Waals surface area contributed by atoms with Crippen molar-refractivity contribution in [2.45, 2.75) is 45.8 Å². The molecule has 1 aliphatic heterocycles. The van der Waals surface area contributed by atoms with Crippen LogP contribution in [-0.4, -0.2) is 27.9 Å². The molecule has 1 saturated heterocycles. The van der Waals surface area contributed by atoms with Crippen molar-refractivity contribution in [2.75, 3.05) is 4.90 Å². The van der Waals surface area contributed by atoms with E-state index < -0.39 is 17.7 Å². The molecule has 1 N–H and O–H groups in total. The van der Waals surface area contributed by atoms with Crippen molar-refractivity contribution >= 4 is 23.1 Å². The topological polar surface area (TPSA) is 79.7 Å². The van der Waals surface area contributed by atoms with Gasteiger partial charge in [0, 0.05) is 23.6 Å². The number of pyridine rings is 1. The summed E-state index contributed by atoms with van der Waals surface area (Å²) < 4.78 is 5.74. The molecule has 4 rings (SSSR count). The van der Waals surface area contributed by atoms with Crippen molar-refractivity contribution in [1.29, 1.82) is 0 Å². The van der Waals surface area contributed by atoms with Gasteiger partial charge in [0.2, 0.25) is 0 Å². The predicted octanol–water partition coefficient (Wildman–Crippen LogP) is 5.62. The number of aliphatic hydroxyl groups is 1. The van der Waals surface area contributed by atoms with Gasteiger partial charge in [-0.05, 0) is 61.2 Å². The number of ketones is 1. The Labute approximate surface area is 199 Å². The van der Waals surface area contributed by atoms with Crippen LogP contribution >= 0.6 is 0 Å². The van der Waals surface area contributed by atoms with E-state index in [-0.39, 0.29) is 17.4 Å². The number of Topliss-reactive ketones (excluding diaryl/α,β-unsaturated/α-hetero) is 1. The van der Waals surface area contributed by atoms with Gasteiger partial charge in [0.25, 0.3) is 11.7 Å². The molecule has 2 heterocycles. The number of hydrogen-bond donors (Lipinski definition) is 1. The molecule has 0 spiro atoms. The maximum Gasteiger partial charge on any atom is 0.300 e. The number of ether oxygens (including phenoxy) is 1. The normalized spacial score (nSPS) is 17.6. The van der Waals surface area contributed by atoms with Crippen LogP contribution < -0.4 is 9.64 Å². The molecule has 1 amide bonds. The van der Waals surface area contributed by atoms with Crippen LogP contribution in [0.3, 0.4) is 0 Å². The molecule has 0 radical (unpaired) electrons. The van der Waals surface area contributed by atoms with Gasteiger partial charge in [-0.15, -0.1) is 0 Å². The van der Waals surface area contributed by atoms with Crippen LogP contribution in [0.15, 0.2) is 78.6 Å². The summed E-state index contributed by atoms with van der Waals surface area (Å²) in [7, 11) is 0. The van der Waals surface area contributed by atoms with Crippen LogP contribution in [-0.2, 0) is 9.59 Å². The Kier molecular flexibility index (Phi) is 6.50. The fourth-order valence-electron chi connectivity index (χ4n) is 4.12. The first-order valence-electron chi connectivity index (χ1n) is 11.4. The molecule has 34 heavy (non-hydrogen) atoms. The number of carbonyl (C=O) groups excluding carboxylic acids is 2. The van der Waals surface area contributed by atoms with Crippen LogP contribution in [0.1, 0.15) is 56.3 Å². The van der Waals surface area contributed by atoms with Gasteiger partial charge in [0.15, 0.2) is 0 Å². The zero-order valence-electron chi connectivity index (χ0n) is 19.7. The molecule has 0 aliphatic carbocycles. The predicted molar refractivity (Wildman–Crippen MR) is 132 cm³/mol. The van der Waals surface area contributed by atoms with Gasteiger partial charge >= 0.3 is 0 Å². The molecule has 1 unspecified atom stereocenters. The number of amides is 1. The van der Waals surface area contributed by atoms with E-state index in [2.05, 4.69) is 18.8 Å². The quantitative estimate of drug-likeness (QED) is 0.296. The van der Waals surface area contributed by atoms with Gasteiger partial charge in [0.05, 0.1) is 17.7 Å². The standard InChI is InChI=1S/C28H28N2O4/c1-17(2)19-10-12-22(13-11-19)30-25(21-8-6-14-29-16-21)24(27(32)28(30)33)26(31)20-7-5-9-23(15-20)34-18(3)4/h5-18,25,31H,1-4H3/b26-24-. The lowest BCUT2D eigenvalue weighted by molar-refractivity contribution is -0.132. The van der Waals surface area contributed by atoms with E-state index in [0.29, 0.717) is 28.5 Å². The van der Waals surface area contributed by atoms with Gasteiger partial charge in [0.1, 0.15) is 11.5 Å². The summed E-state index contributed by atoms with van der Waals surface area (Å²) in [6, 6.07) is 17.2. The highest BCUT2D eigenvalue weighted by atomic mass is 16.5. The van der Waals surface area contributed by atoms with Crippen molar-refractivity contribution in [3.8, 4) is 5.75 Å². The zero-order valence-corrected chi connectivity index (χ0v) is 19.7. The third kappa shape index (κ3) is 4.44. The number of rotatable bonds is 6.